The third kappa shape index (κ3) is 3.91. The summed E-state index contributed by atoms with van der Waals surface area (Å²) in [5.74, 6) is 0. The fourth-order valence-electron chi connectivity index (χ4n) is 3.60. The topological polar surface area (TPSA) is 26.2 Å². The molecule has 0 bridgehead atoms. The Morgan fingerprint density at radius 1 is 1.12 bits per heavy atom. The molecule has 0 saturated carbocycles. The van der Waals surface area contributed by atoms with Crippen LogP contribution in [0.1, 0.15) is 24.0 Å². The lowest BCUT2D eigenvalue weighted by molar-refractivity contribution is 0.110. The first-order chi connectivity index (χ1) is 12.7. The average molecular weight is 389 g/mol. The number of fused-ring (bicyclic) bond motifs is 1. The molecule has 1 saturated heterocycles. The van der Waals surface area contributed by atoms with Gasteiger partial charge in [0.15, 0.2) is 0 Å². The van der Waals surface area contributed by atoms with Gasteiger partial charge in [-0.2, -0.15) is 0 Å². The van der Waals surface area contributed by atoms with Gasteiger partial charge in [0.2, 0.25) is 0 Å². The Morgan fingerprint density at radius 2 is 2.00 bits per heavy atom. The maximum Gasteiger partial charge on any atom is 0.0700 e. The number of nitrogens with zero attached hydrogens (tertiary/aromatic N) is 1. The molecule has 2 heterocycles. The number of halogens is 2. The van der Waals surface area contributed by atoms with E-state index >= 15 is 0 Å². The van der Waals surface area contributed by atoms with Crippen LogP contribution in [0.25, 0.3) is 10.9 Å². The molecule has 0 amide bonds. The zero-order valence-electron chi connectivity index (χ0n) is 14.6. The molecular formula is C21H22Cl2N2O. The maximum absolute atomic E-state index is 6.37. The molecular weight excluding hydrogens is 367 g/mol. The molecule has 0 aliphatic carbocycles. The second kappa shape index (κ2) is 8.01. The monoisotopic (exact) mass is 388 g/mol. The van der Waals surface area contributed by atoms with Crippen LogP contribution in [0.3, 0.4) is 0 Å². The molecule has 26 heavy (non-hydrogen) atoms. The van der Waals surface area contributed by atoms with Gasteiger partial charge in [-0.05, 0) is 42.2 Å². The molecule has 3 nitrogen and oxygen atoms in total. The molecule has 1 aliphatic rings. The summed E-state index contributed by atoms with van der Waals surface area (Å²) in [6, 6.07) is 14.2. The van der Waals surface area contributed by atoms with E-state index in [4.69, 9.17) is 27.9 Å². The van der Waals surface area contributed by atoms with Crippen LogP contribution in [0.5, 0.6) is 0 Å². The van der Waals surface area contributed by atoms with Crippen LogP contribution >= 0.6 is 23.2 Å². The molecule has 4 rings (SSSR count). The standard InChI is InChI=1S/C21H22Cl2N2O/c22-17-8-7-15(20(23)10-17)13-25-14-16(19-5-1-2-6-21(19)25)11-24-12-18-4-3-9-26-18/h1-2,5-8,10,14,18,24H,3-4,9,11-13H2. The van der Waals surface area contributed by atoms with E-state index in [1.807, 2.05) is 12.1 Å². The van der Waals surface area contributed by atoms with Gasteiger partial charge in [0.25, 0.3) is 0 Å². The zero-order valence-corrected chi connectivity index (χ0v) is 16.1. The number of hydrogen-bond acceptors (Lipinski definition) is 2. The van der Waals surface area contributed by atoms with Crippen LogP contribution in [-0.2, 0) is 17.8 Å². The molecule has 0 radical (unpaired) electrons. The van der Waals surface area contributed by atoms with Gasteiger partial charge in [-0.3, -0.25) is 0 Å². The third-order valence-corrected chi connectivity index (χ3v) is 5.53. The first-order valence-corrected chi connectivity index (χ1v) is 9.79. The molecule has 1 unspecified atom stereocenters. The molecule has 1 fully saturated rings. The summed E-state index contributed by atoms with van der Waals surface area (Å²) in [6.07, 6.45) is 4.91. The summed E-state index contributed by atoms with van der Waals surface area (Å²) in [4.78, 5) is 0. The van der Waals surface area contributed by atoms with Crippen molar-refractivity contribution in [3.05, 3.63) is 69.8 Å². The van der Waals surface area contributed by atoms with Gasteiger partial charge in [-0.1, -0.05) is 47.5 Å². The first kappa shape index (κ1) is 17.9. The number of ether oxygens (including phenoxy) is 1. The first-order valence-electron chi connectivity index (χ1n) is 9.04. The van der Waals surface area contributed by atoms with Crippen molar-refractivity contribution in [2.24, 2.45) is 0 Å². The van der Waals surface area contributed by atoms with Gasteiger partial charge in [0.05, 0.1) is 6.10 Å². The molecule has 136 valence electrons. The van der Waals surface area contributed by atoms with Crippen molar-refractivity contribution in [2.75, 3.05) is 13.2 Å². The molecule has 1 aromatic heterocycles. The van der Waals surface area contributed by atoms with E-state index < -0.39 is 0 Å². The SMILES string of the molecule is Clc1ccc(Cn2cc(CNCC3CCCO3)c3ccccc32)c(Cl)c1. The number of nitrogens with one attached hydrogen (secondary N) is 1. The van der Waals surface area contributed by atoms with E-state index in [0.717, 1.165) is 38.2 Å². The Morgan fingerprint density at radius 3 is 2.81 bits per heavy atom. The van der Waals surface area contributed by atoms with Gasteiger partial charge in [-0.25, -0.2) is 0 Å². The van der Waals surface area contributed by atoms with E-state index in [0.29, 0.717) is 16.1 Å². The van der Waals surface area contributed by atoms with Crippen molar-refractivity contribution in [1.29, 1.82) is 0 Å². The Balaban J connectivity index is 1.55. The lowest BCUT2D eigenvalue weighted by Crippen LogP contribution is -2.25. The van der Waals surface area contributed by atoms with Crippen LogP contribution in [-0.4, -0.2) is 23.8 Å². The molecule has 0 spiro atoms. The number of para-hydroxylation sites is 1. The minimum Gasteiger partial charge on any atom is -0.377 e. The number of benzene rings is 2. The number of rotatable bonds is 6. The minimum absolute atomic E-state index is 0.358. The quantitative estimate of drug-likeness (QED) is 0.622. The Kier molecular flexibility index (Phi) is 5.51. The summed E-state index contributed by atoms with van der Waals surface area (Å²) in [5.41, 5.74) is 3.58. The van der Waals surface area contributed by atoms with Crippen molar-refractivity contribution in [2.45, 2.75) is 32.0 Å². The summed E-state index contributed by atoms with van der Waals surface area (Å²) < 4.78 is 7.95. The molecule has 3 aromatic rings. The van der Waals surface area contributed by atoms with Crippen LogP contribution in [0.4, 0.5) is 0 Å². The van der Waals surface area contributed by atoms with Gasteiger partial charge in [-0.15, -0.1) is 0 Å². The summed E-state index contributed by atoms with van der Waals surface area (Å²) in [5, 5.41) is 6.19. The fourth-order valence-corrected chi connectivity index (χ4v) is 4.07. The third-order valence-electron chi connectivity index (χ3n) is 4.94. The van der Waals surface area contributed by atoms with Gasteiger partial charge >= 0.3 is 0 Å². The number of aromatic nitrogens is 1. The molecule has 5 heteroatoms. The number of hydrogen-bond donors (Lipinski definition) is 1. The van der Waals surface area contributed by atoms with Crippen LogP contribution in [0, 0.1) is 0 Å². The van der Waals surface area contributed by atoms with Crippen LogP contribution in [0.2, 0.25) is 10.0 Å². The van der Waals surface area contributed by atoms with Crippen molar-refractivity contribution in [1.82, 2.24) is 9.88 Å². The molecule has 2 aromatic carbocycles. The minimum atomic E-state index is 0.358. The summed E-state index contributed by atoms with van der Waals surface area (Å²) >= 11 is 12.4. The Labute approximate surface area is 163 Å². The highest BCUT2D eigenvalue weighted by atomic mass is 35.5. The van der Waals surface area contributed by atoms with Crippen LogP contribution < -0.4 is 5.32 Å². The van der Waals surface area contributed by atoms with Gasteiger partial charge in [0.1, 0.15) is 0 Å². The van der Waals surface area contributed by atoms with Gasteiger partial charge < -0.3 is 14.6 Å². The average Bonchev–Trinajstić information content (AvgIpc) is 3.26. The highest BCUT2D eigenvalue weighted by molar-refractivity contribution is 6.35. The van der Waals surface area contributed by atoms with Crippen molar-refractivity contribution in [3.8, 4) is 0 Å². The Bertz CT molecular complexity index is 900. The van der Waals surface area contributed by atoms with Crippen LogP contribution in [0.15, 0.2) is 48.7 Å². The van der Waals surface area contributed by atoms with E-state index in [2.05, 4.69) is 40.3 Å². The lowest BCUT2D eigenvalue weighted by atomic mass is 10.1. The summed E-state index contributed by atoms with van der Waals surface area (Å²) in [7, 11) is 0. The van der Waals surface area contributed by atoms with E-state index in [-0.39, 0.29) is 0 Å². The van der Waals surface area contributed by atoms with Crippen molar-refractivity contribution in [3.63, 3.8) is 0 Å². The van der Waals surface area contributed by atoms with E-state index in [1.165, 1.54) is 22.9 Å². The van der Waals surface area contributed by atoms with Crippen molar-refractivity contribution >= 4 is 34.1 Å². The molecule has 1 aliphatic heterocycles. The smallest absolute Gasteiger partial charge is 0.0700 e. The molecule has 1 atom stereocenters. The largest absolute Gasteiger partial charge is 0.377 e. The predicted molar refractivity (Wildman–Crippen MR) is 108 cm³/mol. The van der Waals surface area contributed by atoms with E-state index in [9.17, 15) is 0 Å². The Hall–Kier alpha value is -1.52. The highest BCUT2D eigenvalue weighted by Crippen LogP contribution is 2.26. The van der Waals surface area contributed by atoms with Gasteiger partial charge in [0, 0.05) is 53.4 Å². The normalized spacial score (nSPS) is 17.2. The van der Waals surface area contributed by atoms with E-state index in [1.54, 1.807) is 6.07 Å². The fraction of sp³-hybridized carbons (Fsp3) is 0.333. The zero-order chi connectivity index (χ0) is 17.9. The van der Waals surface area contributed by atoms with Crippen molar-refractivity contribution < 1.29 is 4.74 Å². The second-order valence-electron chi connectivity index (χ2n) is 6.80. The second-order valence-corrected chi connectivity index (χ2v) is 7.64. The summed E-state index contributed by atoms with van der Waals surface area (Å²) in [6.45, 7) is 3.36. The predicted octanol–water partition coefficient (Wildman–Crippen LogP) is 5.27. The lowest BCUT2D eigenvalue weighted by Gasteiger charge is -2.10. The molecule has 1 N–H and O–H groups in total. The maximum atomic E-state index is 6.37. The highest BCUT2D eigenvalue weighted by Gasteiger charge is 2.15.